The van der Waals surface area contributed by atoms with Crippen molar-refractivity contribution in [3.63, 3.8) is 0 Å². The zero-order chi connectivity index (χ0) is 13.6. The van der Waals surface area contributed by atoms with Crippen LogP contribution in [0, 0.1) is 6.92 Å². The third-order valence-corrected chi connectivity index (χ3v) is 3.51. The summed E-state index contributed by atoms with van der Waals surface area (Å²) >= 11 is 0. The van der Waals surface area contributed by atoms with Crippen molar-refractivity contribution in [1.82, 2.24) is 5.32 Å². The van der Waals surface area contributed by atoms with Crippen molar-refractivity contribution in [3.05, 3.63) is 35.4 Å². The quantitative estimate of drug-likeness (QED) is 0.792. The minimum atomic E-state index is -0.0453. The highest BCUT2D eigenvalue weighted by Gasteiger charge is 2.19. The van der Waals surface area contributed by atoms with Crippen molar-refractivity contribution in [2.24, 2.45) is 0 Å². The first kappa shape index (κ1) is 15.2. The van der Waals surface area contributed by atoms with Gasteiger partial charge in [-0.05, 0) is 44.9 Å². The van der Waals surface area contributed by atoms with Gasteiger partial charge in [0.05, 0.1) is 18.2 Å². The molecule has 1 aromatic rings. The number of nitrogens with one attached hydrogen (secondary N) is 1. The van der Waals surface area contributed by atoms with Gasteiger partial charge in [-0.25, -0.2) is 0 Å². The summed E-state index contributed by atoms with van der Waals surface area (Å²) in [7, 11) is 0. The van der Waals surface area contributed by atoms with E-state index in [-0.39, 0.29) is 11.6 Å². The van der Waals surface area contributed by atoms with Gasteiger partial charge in [0, 0.05) is 0 Å². The number of hydrogen-bond donors (Lipinski definition) is 1. The van der Waals surface area contributed by atoms with Crippen LogP contribution in [-0.2, 0) is 4.74 Å². The van der Waals surface area contributed by atoms with Crippen LogP contribution in [-0.4, -0.2) is 18.8 Å². The SMILES string of the molecule is CCNC(COC(C)(C)CC)c1ccccc1C. The molecular weight excluding hydrogens is 222 g/mol. The Hall–Kier alpha value is -0.860. The van der Waals surface area contributed by atoms with E-state index in [2.05, 4.69) is 64.2 Å². The molecule has 0 aliphatic carbocycles. The minimum Gasteiger partial charge on any atom is -0.374 e. The predicted molar refractivity (Wildman–Crippen MR) is 77.9 cm³/mol. The van der Waals surface area contributed by atoms with Crippen LogP contribution in [0.2, 0.25) is 0 Å². The maximum Gasteiger partial charge on any atom is 0.0668 e. The number of ether oxygens (including phenoxy) is 1. The molecule has 18 heavy (non-hydrogen) atoms. The van der Waals surface area contributed by atoms with Crippen LogP contribution in [0.5, 0.6) is 0 Å². The highest BCUT2D eigenvalue weighted by atomic mass is 16.5. The van der Waals surface area contributed by atoms with Crippen LogP contribution in [0.1, 0.15) is 51.3 Å². The Morgan fingerprint density at radius 2 is 1.89 bits per heavy atom. The molecule has 0 heterocycles. The van der Waals surface area contributed by atoms with E-state index in [0.29, 0.717) is 0 Å². The van der Waals surface area contributed by atoms with Crippen molar-refractivity contribution in [3.8, 4) is 0 Å². The smallest absolute Gasteiger partial charge is 0.0668 e. The first-order chi connectivity index (χ1) is 8.50. The van der Waals surface area contributed by atoms with Crippen molar-refractivity contribution in [2.75, 3.05) is 13.2 Å². The monoisotopic (exact) mass is 249 g/mol. The zero-order valence-electron chi connectivity index (χ0n) is 12.4. The van der Waals surface area contributed by atoms with Crippen LogP contribution in [0.4, 0.5) is 0 Å². The average Bonchev–Trinajstić information content (AvgIpc) is 2.35. The van der Waals surface area contributed by atoms with Crippen LogP contribution >= 0.6 is 0 Å². The summed E-state index contributed by atoms with van der Waals surface area (Å²) in [5.74, 6) is 0. The summed E-state index contributed by atoms with van der Waals surface area (Å²) in [4.78, 5) is 0. The lowest BCUT2D eigenvalue weighted by Crippen LogP contribution is -2.32. The average molecular weight is 249 g/mol. The Morgan fingerprint density at radius 1 is 1.22 bits per heavy atom. The van der Waals surface area contributed by atoms with E-state index < -0.39 is 0 Å². The molecule has 0 fully saturated rings. The van der Waals surface area contributed by atoms with Crippen LogP contribution in [0.15, 0.2) is 24.3 Å². The number of aryl methyl sites for hydroxylation is 1. The Labute approximate surface area is 112 Å². The first-order valence-electron chi connectivity index (χ1n) is 6.93. The Bertz CT molecular complexity index is 360. The van der Waals surface area contributed by atoms with E-state index in [9.17, 15) is 0 Å². The highest BCUT2D eigenvalue weighted by Crippen LogP contribution is 2.21. The van der Waals surface area contributed by atoms with Gasteiger partial charge in [0.1, 0.15) is 0 Å². The molecule has 1 unspecified atom stereocenters. The molecule has 1 aromatic carbocycles. The number of likely N-dealkylation sites (N-methyl/N-ethyl adjacent to an activating group) is 1. The van der Waals surface area contributed by atoms with E-state index in [1.807, 2.05) is 0 Å². The van der Waals surface area contributed by atoms with Crippen LogP contribution in [0.25, 0.3) is 0 Å². The summed E-state index contributed by atoms with van der Waals surface area (Å²) < 4.78 is 6.04. The van der Waals surface area contributed by atoms with Gasteiger partial charge < -0.3 is 10.1 Å². The van der Waals surface area contributed by atoms with Gasteiger partial charge in [0.15, 0.2) is 0 Å². The maximum atomic E-state index is 6.04. The molecule has 0 bridgehead atoms. The molecule has 0 spiro atoms. The fourth-order valence-corrected chi connectivity index (χ4v) is 1.89. The molecule has 102 valence electrons. The molecule has 0 aromatic heterocycles. The van der Waals surface area contributed by atoms with Gasteiger partial charge in [-0.3, -0.25) is 0 Å². The maximum absolute atomic E-state index is 6.04. The molecule has 0 radical (unpaired) electrons. The molecule has 0 aliphatic heterocycles. The second-order valence-corrected chi connectivity index (χ2v) is 5.39. The summed E-state index contributed by atoms with van der Waals surface area (Å²) in [5, 5.41) is 3.51. The van der Waals surface area contributed by atoms with E-state index in [4.69, 9.17) is 4.74 Å². The Balaban J connectivity index is 2.75. The lowest BCUT2D eigenvalue weighted by atomic mass is 10.0. The zero-order valence-corrected chi connectivity index (χ0v) is 12.4. The lowest BCUT2D eigenvalue weighted by molar-refractivity contribution is -0.0307. The number of benzene rings is 1. The van der Waals surface area contributed by atoms with E-state index >= 15 is 0 Å². The molecule has 1 rings (SSSR count). The van der Waals surface area contributed by atoms with Crippen LogP contribution in [0.3, 0.4) is 0 Å². The summed E-state index contributed by atoms with van der Waals surface area (Å²) in [6.45, 7) is 12.4. The second-order valence-electron chi connectivity index (χ2n) is 5.39. The molecular formula is C16H27NO. The highest BCUT2D eigenvalue weighted by molar-refractivity contribution is 5.28. The fraction of sp³-hybridized carbons (Fsp3) is 0.625. The van der Waals surface area contributed by atoms with E-state index in [1.165, 1.54) is 11.1 Å². The molecule has 2 nitrogen and oxygen atoms in total. The second kappa shape index (κ2) is 6.91. The molecule has 0 saturated heterocycles. The Kier molecular flexibility index (Phi) is 5.83. The molecule has 0 aliphatic rings. The largest absolute Gasteiger partial charge is 0.374 e. The van der Waals surface area contributed by atoms with Gasteiger partial charge >= 0.3 is 0 Å². The topological polar surface area (TPSA) is 21.3 Å². The number of rotatable bonds is 7. The van der Waals surface area contributed by atoms with Crippen LogP contribution < -0.4 is 5.32 Å². The standard InChI is InChI=1S/C16H27NO/c1-6-16(4,5)18-12-15(17-7-2)14-11-9-8-10-13(14)3/h8-11,15,17H,6-7,12H2,1-5H3. The van der Waals surface area contributed by atoms with Crippen molar-refractivity contribution >= 4 is 0 Å². The van der Waals surface area contributed by atoms with Gasteiger partial charge in [0.2, 0.25) is 0 Å². The lowest BCUT2D eigenvalue weighted by Gasteiger charge is -2.28. The van der Waals surface area contributed by atoms with Gasteiger partial charge in [-0.1, -0.05) is 38.1 Å². The minimum absolute atomic E-state index is 0.0453. The third-order valence-electron chi connectivity index (χ3n) is 3.51. The molecule has 0 amide bonds. The van der Waals surface area contributed by atoms with E-state index in [1.54, 1.807) is 0 Å². The predicted octanol–water partition coefficient (Wildman–Crippen LogP) is 3.85. The fourth-order valence-electron chi connectivity index (χ4n) is 1.89. The normalized spacial score (nSPS) is 13.6. The molecule has 1 atom stereocenters. The summed E-state index contributed by atoms with van der Waals surface area (Å²) in [5.41, 5.74) is 2.61. The molecule has 2 heteroatoms. The molecule has 1 N–H and O–H groups in total. The van der Waals surface area contributed by atoms with Gasteiger partial charge in [-0.2, -0.15) is 0 Å². The Morgan fingerprint density at radius 3 is 2.44 bits per heavy atom. The van der Waals surface area contributed by atoms with Gasteiger partial charge in [0.25, 0.3) is 0 Å². The number of hydrogen-bond acceptors (Lipinski definition) is 2. The third kappa shape index (κ3) is 4.43. The summed E-state index contributed by atoms with van der Waals surface area (Å²) in [6.07, 6.45) is 1.03. The van der Waals surface area contributed by atoms with Gasteiger partial charge in [-0.15, -0.1) is 0 Å². The molecule has 0 saturated carbocycles. The van der Waals surface area contributed by atoms with Crippen molar-refractivity contribution in [2.45, 2.75) is 52.7 Å². The summed E-state index contributed by atoms with van der Waals surface area (Å²) in [6, 6.07) is 8.80. The van der Waals surface area contributed by atoms with Crippen molar-refractivity contribution < 1.29 is 4.74 Å². The van der Waals surface area contributed by atoms with E-state index in [0.717, 1.165) is 19.6 Å². The first-order valence-corrected chi connectivity index (χ1v) is 6.93. The van der Waals surface area contributed by atoms with Crippen molar-refractivity contribution in [1.29, 1.82) is 0 Å².